The van der Waals surface area contributed by atoms with Crippen molar-refractivity contribution in [3.63, 3.8) is 0 Å². The molecule has 0 radical (unpaired) electrons. The molecule has 0 aromatic heterocycles. The molecule has 1 aliphatic rings. The molecule has 1 amide bonds. The van der Waals surface area contributed by atoms with Gasteiger partial charge in [-0.3, -0.25) is 9.52 Å². The van der Waals surface area contributed by atoms with Crippen LogP contribution in [0.4, 0.5) is 5.69 Å². The fourth-order valence-electron chi connectivity index (χ4n) is 3.03. The second kappa shape index (κ2) is 8.51. The lowest BCUT2D eigenvalue weighted by Crippen LogP contribution is -2.31. The molecule has 1 aliphatic heterocycles. The van der Waals surface area contributed by atoms with E-state index in [9.17, 15) is 13.2 Å². The number of ether oxygens (including phenoxy) is 1. The van der Waals surface area contributed by atoms with E-state index in [2.05, 4.69) is 10.0 Å². The van der Waals surface area contributed by atoms with Crippen LogP contribution in [0.2, 0.25) is 5.02 Å². The summed E-state index contributed by atoms with van der Waals surface area (Å²) in [5.41, 5.74) is 2.49. The number of nitrogens with one attached hydrogen (secondary N) is 2. The van der Waals surface area contributed by atoms with Gasteiger partial charge >= 0.3 is 0 Å². The minimum atomic E-state index is -3.96. The van der Waals surface area contributed by atoms with E-state index in [-0.39, 0.29) is 27.5 Å². The maximum atomic E-state index is 12.9. The quantitative estimate of drug-likeness (QED) is 0.743. The number of carbonyl (C=O) groups is 1. The molecule has 1 saturated heterocycles. The van der Waals surface area contributed by atoms with Crippen LogP contribution in [0.25, 0.3) is 0 Å². The van der Waals surface area contributed by atoms with Gasteiger partial charge in [-0.1, -0.05) is 23.7 Å². The van der Waals surface area contributed by atoms with Crippen LogP contribution in [-0.2, 0) is 14.8 Å². The van der Waals surface area contributed by atoms with Crippen molar-refractivity contribution < 1.29 is 17.9 Å². The van der Waals surface area contributed by atoms with E-state index in [4.69, 9.17) is 16.3 Å². The molecule has 2 N–H and O–H groups in total. The average molecular weight is 423 g/mol. The van der Waals surface area contributed by atoms with Crippen molar-refractivity contribution in [1.82, 2.24) is 5.32 Å². The largest absolute Gasteiger partial charge is 0.376 e. The van der Waals surface area contributed by atoms with Crippen LogP contribution in [0.5, 0.6) is 0 Å². The van der Waals surface area contributed by atoms with E-state index in [1.807, 2.05) is 19.9 Å². The van der Waals surface area contributed by atoms with Gasteiger partial charge in [0, 0.05) is 18.7 Å². The Labute approximate surface area is 170 Å². The fraction of sp³-hybridized carbons (Fsp3) is 0.350. The second-order valence-corrected chi connectivity index (χ2v) is 8.90. The van der Waals surface area contributed by atoms with Gasteiger partial charge in [0.25, 0.3) is 15.9 Å². The van der Waals surface area contributed by atoms with Crippen LogP contribution in [0.1, 0.15) is 34.3 Å². The van der Waals surface area contributed by atoms with E-state index >= 15 is 0 Å². The number of sulfonamides is 1. The first-order valence-corrected chi connectivity index (χ1v) is 10.9. The van der Waals surface area contributed by atoms with Gasteiger partial charge in [-0.05, 0) is 62.1 Å². The Morgan fingerprint density at radius 3 is 2.75 bits per heavy atom. The number of benzene rings is 2. The molecule has 3 rings (SSSR count). The number of hydrogen-bond acceptors (Lipinski definition) is 4. The van der Waals surface area contributed by atoms with Crippen molar-refractivity contribution in [2.75, 3.05) is 17.9 Å². The van der Waals surface area contributed by atoms with Crippen LogP contribution in [0, 0.1) is 13.8 Å². The maximum absolute atomic E-state index is 12.9. The van der Waals surface area contributed by atoms with Crippen molar-refractivity contribution in [3.8, 4) is 0 Å². The predicted octanol–water partition coefficient (Wildman–Crippen LogP) is 3.67. The Hall–Kier alpha value is -2.09. The number of halogens is 1. The van der Waals surface area contributed by atoms with Crippen LogP contribution in [0.15, 0.2) is 41.3 Å². The van der Waals surface area contributed by atoms with Crippen molar-refractivity contribution in [2.45, 2.75) is 37.7 Å². The summed E-state index contributed by atoms with van der Waals surface area (Å²) in [5.74, 6) is -0.365. The highest BCUT2D eigenvalue weighted by atomic mass is 35.5. The van der Waals surface area contributed by atoms with Crippen LogP contribution >= 0.6 is 11.6 Å². The number of amides is 1. The minimum Gasteiger partial charge on any atom is -0.376 e. The molecule has 6 nitrogen and oxygen atoms in total. The Morgan fingerprint density at radius 1 is 1.25 bits per heavy atom. The van der Waals surface area contributed by atoms with E-state index < -0.39 is 10.0 Å². The van der Waals surface area contributed by atoms with E-state index in [1.54, 1.807) is 12.1 Å². The lowest BCUT2D eigenvalue weighted by molar-refractivity contribution is 0.0857. The zero-order valence-corrected chi connectivity index (χ0v) is 17.4. The summed E-state index contributed by atoms with van der Waals surface area (Å²) in [5, 5.41) is 2.83. The van der Waals surface area contributed by atoms with Crippen molar-refractivity contribution in [2.24, 2.45) is 0 Å². The fourth-order valence-corrected chi connectivity index (χ4v) is 4.68. The van der Waals surface area contributed by atoms with Gasteiger partial charge in [-0.25, -0.2) is 8.42 Å². The molecule has 2 aromatic rings. The van der Waals surface area contributed by atoms with E-state index in [0.29, 0.717) is 18.8 Å². The maximum Gasteiger partial charge on any atom is 0.263 e. The molecule has 28 heavy (non-hydrogen) atoms. The number of rotatable bonds is 6. The third kappa shape index (κ3) is 4.66. The van der Waals surface area contributed by atoms with Gasteiger partial charge in [-0.15, -0.1) is 0 Å². The lowest BCUT2D eigenvalue weighted by Gasteiger charge is -2.14. The molecule has 0 bridgehead atoms. The van der Waals surface area contributed by atoms with Crippen LogP contribution in [0.3, 0.4) is 0 Å². The standard InChI is InChI=1S/C20H23ClN2O4S/c1-13-5-3-7-18(14(13)2)23-28(25,26)19-11-15(8-9-17(19)21)20(24)22-12-16-6-4-10-27-16/h3,5,7-9,11,16,23H,4,6,10,12H2,1-2H3,(H,22,24)/t16-/m0/s1. The summed E-state index contributed by atoms with van der Waals surface area (Å²) < 4.78 is 33.8. The highest BCUT2D eigenvalue weighted by molar-refractivity contribution is 7.92. The van der Waals surface area contributed by atoms with Gasteiger partial charge in [0.05, 0.1) is 16.8 Å². The molecule has 0 aliphatic carbocycles. The van der Waals surface area contributed by atoms with Gasteiger partial charge in [0.1, 0.15) is 4.90 Å². The zero-order valence-electron chi connectivity index (χ0n) is 15.8. The molecule has 0 saturated carbocycles. The topological polar surface area (TPSA) is 84.5 Å². The first-order chi connectivity index (χ1) is 13.3. The third-order valence-electron chi connectivity index (χ3n) is 4.85. The Bertz CT molecular complexity index is 986. The molecular weight excluding hydrogens is 400 g/mol. The van der Waals surface area contributed by atoms with E-state index in [0.717, 1.165) is 24.0 Å². The summed E-state index contributed by atoms with van der Waals surface area (Å²) in [6.45, 7) is 4.83. The zero-order chi connectivity index (χ0) is 20.3. The lowest BCUT2D eigenvalue weighted by atomic mass is 10.1. The molecule has 1 fully saturated rings. The summed E-state index contributed by atoms with van der Waals surface area (Å²) in [6.07, 6.45) is 1.89. The molecule has 1 atom stereocenters. The van der Waals surface area contributed by atoms with Crippen LogP contribution in [-0.4, -0.2) is 33.6 Å². The number of aryl methyl sites for hydroxylation is 1. The normalized spacial score (nSPS) is 16.8. The highest BCUT2D eigenvalue weighted by Gasteiger charge is 2.22. The Kier molecular flexibility index (Phi) is 6.27. The highest BCUT2D eigenvalue weighted by Crippen LogP contribution is 2.27. The molecule has 0 spiro atoms. The SMILES string of the molecule is Cc1cccc(NS(=O)(=O)c2cc(C(=O)NC[C@@H]3CCCO3)ccc2Cl)c1C. The minimum absolute atomic E-state index is 0.00501. The molecule has 150 valence electrons. The van der Waals surface area contributed by atoms with Crippen molar-refractivity contribution in [1.29, 1.82) is 0 Å². The van der Waals surface area contributed by atoms with Gasteiger partial charge in [0.2, 0.25) is 0 Å². The smallest absolute Gasteiger partial charge is 0.263 e. The monoisotopic (exact) mass is 422 g/mol. The number of anilines is 1. The number of hydrogen-bond donors (Lipinski definition) is 2. The average Bonchev–Trinajstić information content (AvgIpc) is 3.17. The first kappa shape index (κ1) is 20.6. The predicted molar refractivity (Wildman–Crippen MR) is 109 cm³/mol. The summed E-state index contributed by atoms with van der Waals surface area (Å²) >= 11 is 6.13. The second-order valence-electron chi connectivity index (χ2n) is 6.84. The van der Waals surface area contributed by atoms with Gasteiger partial charge in [-0.2, -0.15) is 0 Å². The van der Waals surface area contributed by atoms with Crippen molar-refractivity contribution >= 4 is 33.2 Å². The molecule has 0 unspecified atom stereocenters. The summed E-state index contributed by atoms with van der Waals surface area (Å²) in [4.78, 5) is 12.3. The van der Waals surface area contributed by atoms with Gasteiger partial charge < -0.3 is 10.1 Å². The molecule has 8 heteroatoms. The Morgan fingerprint density at radius 2 is 2.04 bits per heavy atom. The Balaban J connectivity index is 1.81. The molecular formula is C20H23ClN2O4S. The third-order valence-corrected chi connectivity index (χ3v) is 6.69. The first-order valence-electron chi connectivity index (χ1n) is 9.06. The summed E-state index contributed by atoms with van der Waals surface area (Å²) in [6, 6.07) is 9.58. The molecule has 1 heterocycles. The summed E-state index contributed by atoms with van der Waals surface area (Å²) in [7, 11) is -3.96. The van der Waals surface area contributed by atoms with Crippen LogP contribution < -0.4 is 10.0 Å². The van der Waals surface area contributed by atoms with Crippen molar-refractivity contribution in [3.05, 3.63) is 58.1 Å². The van der Waals surface area contributed by atoms with E-state index in [1.165, 1.54) is 18.2 Å². The van der Waals surface area contributed by atoms with Gasteiger partial charge in [0.15, 0.2) is 0 Å². The number of carbonyl (C=O) groups excluding carboxylic acids is 1. The molecule has 2 aromatic carbocycles.